The molecular formula is C17H20F2N2O6. The third-order valence-corrected chi connectivity index (χ3v) is 4.33. The summed E-state index contributed by atoms with van der Waals surface area (Å²) in [6.45, 7) is 1.68. The number of rotatable bonds is 3. The Morgan fingerprint density at radius 3 is 2.52 bits per heavy atom. The molecule has 2 aliphatic heterocycles. The fourth-order valence-electron chi connectivity index (χ4n) is 3.30. The lowest BCUT2D eigenvalue weighted by Crippen LogP contribution is -2.47. The van der Waals surface area contributed by atoms with Crippen molar-refractivity contribution < 1.29 is 38.1 Å². The van der Waals surface area contributed by atoms with Crippen LogP contribution < -0.4 is 0 Å². The van der Waals surface area contributed by atoms with Crippen molar-refractivity contribution in [3.8, 4) is 0 Å². The molecule has 0 aliphatic carbocycles. The molecular weight excluding hydrogens is 366 g/mol. The number of hydrogen-bond acceptors (Lipinski definition) is 5. The lowest BCUT2D eigenvalue weighted by atomic mass is 10.1. The van der Waals surface area contributed by atoms with Crippen molar-refractivity contribution in [2.75, 3.05) is 39.4 Å². The highest BCUT2D eigenvalue weighted by molar-refractivity contribution is 5.94. The first-order valence-corrected chi connectivity index (χ1v) is 8.21. The molecule has 2 fully saturated rings. The molecule has 27 heavy (non-hydrogen) atoms. The summed E-state index contributed by atoms with van der Waals surface area (Å²) in [7, 11) is 0. The van der Waals surface area contributed by atoms with Gasteiger partial charge in [-0.2, -0.15) is 0 Å². The summed E-state index contributed by atoms with van der Waals surface area (Å²) in [5.74, 6) is -3.41. The first kappa shape index (κ1) is 20.7. The van der Waals surface area contributed by atoms with Crippen LogP contribution in [0.4, 0.5) is 8.78 Å². The second kappa shape index (κ2) is 9.38. The van der Waals surface area contributed by atoms with Gasteiger partial charge in [0.1, 0.15) is 0 Å². The highest BCUT2D eigenvalue weighted by Crippen LogP contribution is 2.22. The Hall–Kier alpha value is -2.59. The molecule has 0 spiro atoms. The molecule has 10 heteroatoms. The molecule has 1 amide bonds. The van der Waals surface area contributed by atoms with Gasteiger partial charge in [-0.25, -0.2) is 8.78 Å². The second-order valence-electron chi connectivity index (χ2n) is 6.34. The molecule has 2 atom stereocenters. The SMILES string of the molecule is O=C(O)CN1C[C@@H]2COC[C@H](C1)N(C(=O)c1ccc(F)c(F)c1)C2.O=CO. The van der Waals surface area contributed by atoms with Crippen molar-refractivity contribution in [2.24, 2.45) is 5.92 Å². The predicted octanol–water partition coefficient (Wildman–Crippen LogP) is 0.523. The lowest BCUT2D eigenvalue weighted by molar-refractivity contribution is -0.138. The number of aliphatic carboxylic acids is 1. The van der Waals surface area contributed by atoms with Gasteiger partial charge in [0.2, 0.25) is 0 Å². The zero-order valence-corrected chi connectivity index (χ0v) is 14.4. The Kier molecular flexibility index (Phi) is 7.19. The van der Waals surface area contributed by atoms with Gasteiger partial charge in [0.15, 0.2) is 11.6 Å². The minimum absolute atomic E-state index is 0.0221. The summed E-state index contributed by atoms with van der Waals surface area (Å²) in [6, 6.07) is 2.76. The van der Waals surface area contributed by atoms with Gasteiger partial charge in [-0.1, -0.05) is 0 Å². The second-order valence-corrected chi connectivity index (χ2v) is 6.34. The van der Waals surface area contributed by atoms with Gasteiger partial charge < -0.3 is 19.8 Å². The van der Waals surface area contributed by atoms with E-state index in [4.69, 9.17) is 19.7 Å². The molecule has 0 aromatic heterocycles. The molecule has 0 radical (unpaired) electrons. The molecule has 1 aromatic rings. The Labute approximate surface area is 153 Å². The molecule has 2 heterocycles. The first-order chi connectivity index (χ1) is 12.8. The number of carboxylic acid groups (broad SMARTS) is 2. The van der Waals surface area contributed by atoms with E-state index in [-0.39, 0.29) is 30.5 Å². The normalized spacial score (nSPS) is 22.2. The van der Waals surface area contributed by atoms with Crippen molar-refractivity contribution >= 4 is 18.3 Å². The quantitative estimate of drug-likeness (QED) is 0.730. The standard InChI is InChI=1S/C16H18F2N2O4.CH2O2/c17-13-2-1-11(3-14(13)18)16(23)20-5-10-4-19(7-15(21)22)6-12(20)9-24-8-10;2-1-3/h1-3,10,12H,4-9H2,(H,21,22);1H,(H,2,3)/t10-,12-;/m0./s1. The first-order valence-electron chi connectivity index (χ1n) is 8.21. The molecule has 2 saturated heterocycles. The average Bonchev–Trinajstić information content (AvgIpc) is 2.87. The summed E-state index contributed by atoms with van der Waals surface area (Å²) in [6.07, 6.45) is 0. The third-order valence-electron chi connectivity index (χ3n) is 4.33. The summed E-state index contributed by atoms with van der Waals surface area (Å²) in [4.78, 5) is 35.5. The van der Waals surface area contributed by atoms with Crippen LogP contribution in [0, 0.1) is 17.6 Å². The fourth-order valence-corrected chi connectivity index (χ4v) is 3.30. The van der Waals surface area contributed by atoms with Crippen LogP contribution in [0.3, 0.4) is 0 Å². The molecule has 2 N–H and O–H groups in total. The van der Waals surface area contributed by atoms with Gasteiger partial charge in [-0.05, 0) is 18.2 Å². The van der Waals surface area contributed by atoms with Crippen molar-refractivity contribution in [3.63, 3.8) is 0 Å². The number of fused-ring (bicyclic) bond motifs is 3. The van der Waals surface area contributed by atoms with Crippen LogP contribution >= 0.6 is 0 Å². The zero-order valence-electron chi connectivity index (χ0n) is 14.4. The van der Waals surface area contributed by atoms with Crippen LogP contribution in [-0.4, -0.2) is 83.8 Å². The van der Waals surface area contributed by atoms with Gasteiger partial charge in [0.25, 0.3) is 12.4 Å². The van der Waals surface area contributed by atoms with E-state index in [0.717, 1.165) is 12.1 Å². The Balaban J connectivity index is 0.000000817. The predicted molar refractivity (Wildman–Crippen MR) is 88.3 cm³/mol. The topological polar surface area (TPSA) is 107 Å². The summed E-state index contributed by atoms with van der Waals surface area (Å²) in [5.41, 5.74) is 0.0752. The van der Waals surface area contributed by atoms with E-state index in [1.807, 2.05) is 0 Å². The van der Waals surface area contributed by atoms with Crippen LogP contribution in [0.2, 0.25) is 0 Å². The molecule has 8 nitrogen and oxygen atoms in total. The number of carbonyl (C=O) groups excluding carboxylic acids is 1. The van der Waals surface area contributed by atoms with Gasteiger partial charge in [-0.3, -0.25) is 19.3 Å². The Bertz CT molecular complexity index is 702. The summed E-state index contributed by atoms with van der Waals surface area (Å²) < 4.78 is 32.1. The Morgan fingerprint density at radius 2 is 1.89 bits per heavy atom. The minimum Gasteiger partial charge on any atom is -0.483 e. The van der Waals surface area contributed by atoms with Crippen LogP contribution in [0.1, 0.15) is 10.4 Å². The van der Waals surface area contributed by atoms with E-state index in [1.54, 1.807) is 9.80 Å². The van der Waals surface area contributed by atoms with Gasteiger partial charge in [-0.15, -0.1) is 0 Å². The highest BCUT2D eigenvalue weighted by atomic mass is 19.2. The zero-order chi connectivity index (χ0) is 20.0. The maximum atomic E-state index is 13.4. The van der Waals surface area contributed by atoms with E-state index in [0.29, 0.717) is 32.8 Å². The fraction of sp³-hybridized carbons (Fsp3) is 0.471. The summed E-state index contributed by atoms with van der Waals surface area (Å²) >= 11 is 0. The van der Waals surface area contributed by atoms with E-state index in [1.165, 1.54) is 6.07 Å². The van der Waals surface area contributed by atoms with Crippen molar-refractivity contribution in [1.29, 1.82) is 0 Å². The van der Waals surface area contributed by atoms with Gasteiger partial charge >= 0.3 is 5.97 Å². The number of hydrogen-bond donors (Lipinski definition) is 2. The van der Waals surface area contributed by atoms with Gasteiger partial charge in [0, 0.05) is 31.1 Å². The number of amides is 1. The number of carbonyl (C=O) groups is 3. The van der Waals surface area contributed by atoms with Crippen molar-refractivity contribution in [1.82, 2.24) is 9.80 Å². The van der Waals surface area contributed by atoms with E-state index in [2.05, 4.69) is 0 Å². The molecule has 0 saturated carbocycles. The third kappa shape index (κ3) is 5.44. The minimum atomic E-state index is -1.07. The number of benzene rings is 1. The van der Waals surface area contributed by atoms with Gasteiger partial charge in [0.05, 0.1) is 25.8 Å². The molecule has 3 rings (SSSR count). The monoisotopic (exact) mass is 386 g/mol. The van der Waals surface area contributed by atoms with E-state index >= 15 is 0 Å². The number of halogens is 2. The van der Waals surface area contributed by atoms with Crippen LogP contribution in [0.25, 0.3) is 0 Å². The Morgan fingerprint density at radius 1 is 1.19 bits per heavy atom. The average molecular weight is 386 g/mol. The number of ether oxygens (including phenoxy) is 1. The van der Waals surface area contributed by atoms with Crippen molar-refractivity contribution in [3.05, 3.63) is 35.4 Å². The molecule has 1 aromatic carbocycles. The molecule has 0 unspecified atom stereocenters. The largest absolute Gasteiger partial charge is 0.483 e. The molecule has 2 bridgehead atoms. The molecule has 2 aliphatic rings. The van der Waals surface area contributed by atoms with Crippen LogP contribution in [0.15, 0.2) is 18.2 Å². The maximum absolute atomic E-state index is 13.4. The van der Waals surface area contributed by atoms with E-state index in [9.17, 15) is 18.4 Å². The lowest BCUT2D eigenvalue weighted by Gasteiger charge is -2.30. The molecule has 148 valence electrons. The smallest absolute Gasteiger partial charge is 0.317 e. The van der Waals surface area contributed by atoms with E-state index < -0.39 is 23.5 Å². The number of nitrogens with zero attached hydrogens (tertiary/aromatic N) is 2. The summed E-state index contributed by atoms with van der Waals surface area (Å²) in [5, 5.41) is 15.9. The van der Waals surface area contributed by atoms with Crippen molar-refractivity contribution in [2.45, 2.75) is 6.04 Å². The van der Waals surface area contributed by atoms with Crippen LogP contribution in [-0.2, 0) is 14.3 Å². The van der Waals surface area contributed by atoms with Crippen LogP contribution in [0.5, 0.6) is 0 Å². The highest BCUT2D eigenvalue weighted by Gasteiger charge is 2.36. The number of carboxylic acids is 1. The maximum Gasteiger partial charge on any atom is 0.317 e.